The Labute approximate surface area is 148 Å². The predicted octanol–water partition coefficient (Wildman–Crippen LogP) is 3.34. The monoisotopic (exact) mass is 334 g/mol. The van der Waals surface area contributed by atoms with Gasteiger partial charge in [-0.1, -0.05) is 48.5 Å². The van der Waals surface area contributed by atoms with Gasteiger partial charge in [-0.2, -0.15) is 5.26 Å². The van der Waals surface area contributed by atoms with E-state index in [4.69, 9.17) is 4.74 Å². The van der Waals surface area contributed by atoms with Gasteiger partial charge >= 0.3 is 5.97 Å². The zero-order chi connectivity index (χ0) is 17.6. The molecule has 4 heteroatoms. The number of hydrogen-bond acceptors (Lipinski definition) is 4. The topological polar surface area (TPSA) is 53.3 Å². The van der Waals surface area contributed by atoms with Crippen LogP contribution in [0.15, 0.2) is 54.6 Å². The van der Waals surface area contributed by atoms with E-state index < -0.39 is 0 Å². The van der Waals surface area contributed by atoms with Crippen molar-refractivity contribution >= 4 is 5.97 Å². The molecule has 2 atom stereocenters. The molecule has 0 aliphatic carbocycles. The molecular formula is C21H22N2O2. The van der Waals surface area contributed by atoms with Crippen molar-refractivity contribution in [1.29, 1.82) is 5.26 Å². The zero-order valence-corrected chi connectivity index (χ0v) is 14.4. The molecule has 0 aromatic heterocycles. The van der Waals surface area contributed by atoms with Crippen LogP contribution in [0.5, 0.6) is 0 Å². The molecule has 3 rings (SSSR count). The van der Waals surface area contributed by atoms with Crippen LogP contribution in [0.25, 0.3) is 0 Å². The highest BCUT2D eigenvalue weighted by Gasteiger charge is 2.40. The van der Waals surface area contributed by atoms with Crippen molar-refractivity contribution in [2.75, 3.05) is 19.7 Å². The average Bonchev–Trinajstić information content (AvgIpc) is 3.06. The Morgan fingerprint density at radius 2 is 1.88 bits per heavy atom. The van der Waals surface area contributed by atoms with Crippen LogP contribution in [0.4, 0.5) is 0 Å². The quantitative estimate of drug-likeness (QED) is 0.787. The summed E-state index contributed by atoms with van der Waals surface area (Å²) in [5.74, 6) is -0.424. The van der Waals surface area contributed by atoms with E-state index in [1.165, 1.54) is 5.56 Å². The summed E-state index contributed by atoms with van der Waals surface area (Å²) in [6, 6.07) is 20.1. The van der Waals surface area contributed by atoms with Gasteiger partial charge in [-0.05, 0) is 24.1 Å². The molecule has 1 aliphatic heterocycles. The van der Waals surface area contributed by atoms with Gasteiger partial charge in [0.2, 0.25) is 0 Å². The van der Waals surface area contributed by atoms with Crippen LogP contribution in [-0.2, 0) is 16.1 Å². The highest BCUT2D eigenvalue weighted by Crippen LogP contribution is 2.35. The lowest BCUT2D eigenvalue weighted by Gasteiger charge is -2.18. The molecule has 0 amide bonds. The van der Waals surface area contributed by atoms with Gasteiger partial charge in [0, 0.05) is 25.6 Å². The van der Waals surface area contributed by atoms with Crippen LogP contribution in [0.2, 0.25) is 0 Å². The van der Waals surface area contributed by atoms with E-state index in [0.29, 0.717) is 18.7 Å². The maximum absolute atomic E-state index is 12.5. The van der Waals surface area contributed by atoms with Crippen LogP contribution in [-0.4, -0.2) is 30.6 Å². The van der Waals surface area contributed by atoms with Gasteiger partial charge in [0.15, 0.2) is 0 Å². The Bertz CT molecular complexity index is 767. The molecule has 0 radical (unpaired) electrons. The minimum Gasteiger partial charge on any atom is -0.466 e. The first-order valence-electron chi connectivity index (χ1n) is 8.65. The summed E-state index contributed by atoms with van der Waals surface area (Å²) in [4.78, 5) is 14.8. The second kappa shape index (κ2) is 7.96. The summed E-state index contributed by atoms with van der Waals surface area (Å²) in [5.41, 5.74) is 2.81. The number of nitriles is 1. The highest BCUT2D eigenvalue weighted by molar-refractivity contribution is 5.75. The van der Waals surface area contributed by atoms with E-state index in [0.717, 1.165) is 18.7 Å². The fourth-order valence-electron chi connectivity index (χ4n) is 3.58. The summed E-state index contributed by atoms with van der Waals surface area (Å²) in [6.45, 7) is 4.39. The minimum absolute atomic E-state index is 0.0152. The maximum atomic E-state index is 12.5. The summed E-state index contributed by atoms with van der Waals surface area (Å²) < 4.78 is 5.30. The van der Waals surface area contributed by atoms with E-state index in [2.05, 4.69) is 23.1 Å². The lowest BCUT2D eigenvalue weighted by atomic mass is 9.86. The van der Waals surface area contributed by atoms with Gasteiger partial charge in [0.25, 0.3) is 0 Å². The summed E-state index contributed by atoms with van der Waals surface area (Å²) in [6.07, 6.45) is 0. The molecule has 2 aromatic carbocycles. The number of carbonyl (C=O) groups is 1. The second-order valence-electron chi connectivity index (χ2n) is 6.34. The fourth-order valence-corrected chi connectivity index (χ4v) is 3.58. The third-order valence-electron chi connectivity index (χ3n) is 4.71. The number of hydrogen-bond donors (Lipinski definition) is 0. The van der Waals surface area contributed by atoms with Crippen molar-refractivity contribution in [3.63, 3.8) is 0 Å². The summed E-state index contributed by atoms with van der Waals surface area (Å²) in [5, 5.41) is 9.43. The van der Waals surface area contributed by atoms with Crippen molar-refractivity contribution < 1.29 is 9.53 Å². The van der Waals surface area contributed by atoms with Crippen LogP contribution in [0.1, 0.15) is 29.5 Å². The van der Waals surface area contributed by atoms with Gasteiger partial charge in [0.05, 0.1) is 24.2 Å². The molecule has 4 nitrogen and oxygen atoms in total. The number of rotatable bonds is 5. The van der Waals surface area contributed by atoms with E-state index in [-0.39, 0.29) is 17.8 Å². The number of carbonyl (C=O) groups excluding carboxylic acids is 1. The molecule has 2 unspecified atom stereocenters. The second-order valence-corrected chi connectivity index (χ2v) is 6.34. The Morgan fingerprint density at radius 3 is 2.60 bits per heavy atom. The van der Waals surface area contributed by atoms with E-state index >= 15 is 0 Å². The largest absolute Gasteiger partial charge is 0.466 e. The minimum atomic E-state index is -0.238. The maximum Gasteiger partial charge on any atom is 0.310 e. The lowest BCUT2D eigenvalue weighted by molar-refractivity contribution is -0.148. The van der Waals surface area contributed by atoms with Crippen molar-refractivity contribution in [2.45, 2.75) is 19.4 Å². The van der Waals surface area contributed by atoms with E-state index in [1.54, 1.807) is 0 Å². The molecule has 0 spiro atoms. The molecular weight excluding hydrogens is 312 g/mol. The number of likely N-dealkylation sites (tertiary alicyclic amines) is 1. The van der Waals surface area contributed by atoms with Gasteiger partial charge in [-0.3, -0.25) is 9.69 Å². The number of benzene rings is 2. The molecule has 0 N–H and O–H groups in total. The standard InChI is InChI=1S/C21H22N2O2/c1-2-25-21(24)20-15-23(13-16-8-4-3-5-9-16)14-19(20)18-11-7-6-10-17(18)12-22/h3-11,19-20H,2,13-15H2,1H3. The molecule has 128 valence electrons. The molecule has 1 aliphatic rings. The molecule has 2 aromatic rings. The van der Waals surface area contributed by atoms with Crippen LogP contribution < -0.4 is 0 Å². The number of ether oxygens (including phenoxy) is 1. The third kappa shape index (κ3) is 3.89. The SMILES string of the molecule is CCOC(=O)C1CN(Cc2ccccc2)CC1c1ccccc1C#N. The zero-order valence-electron chi connectivity index (χ0n) is 14.4. The lowest BCUT2D eigenvalue weighted by Crippen LogP contribution is -2.25. The smallest absolute Gasteiger partial charge is 0.310 e. The highest BCUT2D eigenvalue weighted by atomic mass is 16.5. The predicted molar refractivity (Wildman–Crippen MR) is 95.7 cm³/mol. The molecule has 1 heterocycles. The van der Waals surface area contributed by atoms with E-state index in [1.807, 2.05) is 49.4 Å². The van der Waals surface area contributed by atoms with Crippen LogP contribution in [0.3, 0.4) is 0 Å². The molecule has 0 saturated carbocycles. The number of nitrogens with zero attached hydrogens (tertiary/aromatic N) is 2. The van der Waals surface area contributed by atoms with Gasteiger partial charge in [0.1, 0.15) is 0 Å². The molecule has 1 saturated heterocycles. The number of esters is 1. The van der Waals surface area contributed by atoms with Gasteiger partial charge in [-0.15, -0.1) is 0 Å². The van der Waals surface area contributed by atoms with Crippen molar-refractivity contribution in [1.82, 2.24) is 4.90 Å². The van der Waals surface area contributed by atoms with E-state index in [9.17, 15) is 10.1 Å². The average molecular weight is 334 g/mol. The molecule has 0 bridgehead atoms. The van der Waals surface area contributed by atoms with Crippen molar-refractivity contribution in [3.8, 4) is 6.07 Å². The molecule has 25 heavy (non-hydrogen) atoms. The summed E-state index contributed by atoms with van der Waals surface area (Å²) in [7, 11) is 0. The van der Waals surface area contributed by atoms with Crippen molar-refractivity contribution in [2.24, 2.45) is 5.92 Å². The van der Waals surface area contributed by atoms with Crippen LogP contribution >= 0.6 is 0 Å². The first kappa shape index (κ1) is 17.2. The normalized spacial score (nSPS) is 20.2. The van der Waals surface area contributed by atoms with Gasteiger partial charge in [-0.25, -0.2) is 0 Å². The van der Waals surface area contributed by atoms with Crippen LogP contribution in [0, 0.1) is 17.2 Å². The first-order valence-corrected chi connectivity index (χ1v) is 8.65. The fraction of sp³-hybridized carbons (Fsp3) is 0.333. The third-order valence-corrected chi connectivity index (χ3v) is 4.71. The van der Waals surface area contributed by atoms with Gasteiger partial charge < -0.3 is 4.74 Å². The Kier molecular flexibility index (Phi) is 5.47. The Balaban J connectivity index is 1.86. The summed E-state index contributed by atoms with van der Waals surface area (Å²) >= 11 is 0. The molecule has 1 fully saturated rings. The van der Waals surface area contributed by atoms with Crippen molar-refractivity contribution in [3.05, 3.63) is 71.3 Å². The first-order chi connectivity index (χ1) is 12.2. The Morgan fingerprint density at radius 1 is 1.16 bits per heavy atom. The Hall–Kier alpha value is -2.64.